The van der Waals surface area contributed by atoms with Crippen molar-refractivity contribution >= 4 is 8.80 Å². The first-order chi connectivity index (χ1) is 17.8. The Balaban J connectivity index is -0.00000155. The summed E-state index contributed by atoms with van der Waals surface area (Å²) in [5.41, 5.74) is 0. The van der Waals surface area contributed by atoms with Crippen molar-refractivity contribution in [2.24, 2.45) is 0 Å². The fourth-order valence-corrected chi connectivity index (χ4v) is 6.24. The maximum Gasteiger partial charge on any atom is 0.500 e. The monoisotopic (exact) mass is 587 g/mol. The first-order valence-corrected chi connectivity index (χ1v) is 17.1. The molecule has 234 valence electrons. The number of halogens is 1. The standard InChI is InChI=1S/C26H58NO3Si.C3H8O3.ClH/c1-7-8-9-10-11-12-13-14-15-16-17-18-19-20-21-22-24-27(2,3)25-23-26-31(28-4,29-5)30-6;4-1-3(6)2-5;/h7-26H2,1-6H3;3-6H,1-2H2;1H/q+1;;/p-1. The van der Waals surface area contributed by atoms with Crippen molar-refractivity contribution in [2.75, 3.05) is 61.7 Å². The molecule has 0 aromatic rings. The minimum Gasteiger partial charge on any atom is -1.00 e. The normalized spacial score (nSPS) is 11.8. The summed E-state index contributed by atoms with van der Waals surface area (Å²) < 4.78 is 17.7. The summed E-state index contributed by atoms with van der Waals surface area (Å²) in [6.45, 7) is 3.99. The third-order valence-corrected chi connectivity index (χ3v) is 10.0. The zero-order valence-corrected chi connectivity index (χ0v) is 27.8. The number of nitrogens with zero attached hydrogens (tertiary/aromatic N) is 1. The second-order valence-corrected chi connectivity index (χ2v) is 14.2. The van der Waals surface area contributed by atoms with Crippen LogP contribution in [0, 0.1) is 0 Å². The van der Waals surface area contributed by atoms with E-state index in [2.05, 4.69) is 21.0 Å². The van der Waals surface area contributed by atoms with Gasteiger partial charge in [-0.1, -0.05) is 96.8 Å². The van der Waals surface area contributed by atoms with Crippen molar-refractivity contribution < 1.29 is 45.5 Å². The third-order valence-electron chi connectivity index (χ3n) is 7.22. The van der Waals surface area contributed by atoms with Crippen molar-refractivity contribution in [3.8, 4) is 0 Å². The number of quaternary nitrogens is 1. The second-order valence-electron chi connectivity index (χ2n) is 11.1. The number of aliphatic hydroxyl groups is 3. The quantitative estimate of drug-likeness (QED) is 0.0819. The van der Waals surface area contributed by atoms with Crippen LogP contribution in [0.2, 0.25) is 6.04 Å². The molecule has 7 nitrogen and oxygen atoms in total. The highest BCUT2D eigenvalue weighted by Crippen LogP contribution is 2.17. The molecule has 3 N–H and O–H groups in total. The Labute approximate surface area is 244 Å². The molecule has 0 heterocycles. The van der Waals surface area contributed by atoms with Gasteiger partial charge in [-0.05, 0) is 12.8 Å². The molecule has 0 saturated heterocycles. The third kappa shape index (κ3) is 27.8. The zero-order chi connectivity index (χ0) is 28.3. The van der Waals surface area contributed by atoms with Crippen molar-refractivity contribution in [2.45, 2.75) is 128 Å². The highest BCUT2D eigenvalue weighted by molar-refractivity contribution is 6.60. The summed E-state index contributed by atoms with van der Waals surface area (Å²) >= 11 is 0. The van der Waals surface area contributed by atoms with Crippen molar-refractivity contribution in [3.05, 3.63) is 0 Å². The van der Waals surface area contributed by atoms with Crippen LogP contribution in [0.1, 0.15) is 116 Å². The summed E-state index contributed by atoms with van der Waals surface area (Å²) in [6.07, 6.45) is 23.0. The number of rotatable bonds is 26. The lowest BCUT2D eigenvalue weighted by atomic mass is 10.0. The topological polar surface area (TPSA) is 88.4 Å². The summed E-state index contributed by atoms with van der Waals surface area (Å²) in [6, 6.07) is 0.900. The Morgan fingerprint density at radius 3 is 1.18 bits per heavy atom. The Bertz CT molecular complexity index is 447. The van der Waals surface area contributed by atoms with Crippen LogP contribution >= 0.6 is 0 Å². The van der Waals surface area contributed by atoms with Gasteiger partial charge in [-0.2, -0.15) is 0 Å². The van der Waals surface area contributed by atoms with Gasteiger partial charge in [-0.15, -0.1) is 0 Å². The van der Waals surface area contributed by atoms with E-state index in [-0.39, 0.29) is 25.6 Å². The first-order valence-electron chi connectivity index (χ1n) is 15.1. The van der Waals surface area contributed by atoms with E-state index in [1.807, 2.05) is 0 Å². The number of unbranched alkanes of at least 4 members (excludes halogenated alkanes) is 15. The molecule has 0 aliphatic heterocycles. The molecule has 0 amide bonds. The lowest BCUT2D eigenvalue weighted by Gasteiger charge is -2.31. The molecule has 9 heteroatoms. The molecule has 0 spiro atoms. The van der Waals surface area contributed by atoms with Crippen LogP contribution in [-0.2, 0) is 13.3 Å². The van der Waals surface area contributed by atoms with Gasteiger partial charge in [0.25, 0.3) is 0 Å². The van der Waals surface area contributed by atoms with Gasteiger partial charge in [-0.25, -0.2) is 0 Å². The van der Waals surface area contributed by atoms with Gasteiger partial charge in [0, 0.05) is 33.8 Å². The van der Waals surface area contributed by atoms with E-state index < -0.39 is 14.9 Å². The minimum absolute atomic E-state index is 0. The van der Waals surface area contributed by atoms with Crippen LogP contribution in [0.3, 0.4) is 0 Å². The molecular formula is C29H66ClNO6Si. The smallest absolute Gasteiger partial charge is 0.500 e. The van der Waals surface area contributed by atoms with E-state index in [9.17, 15) is 0 Å². The van der Waals surface area contributed by atoms with Gasteiger partial charge < -0.3 is 45.5 Å². The molecule has 38 heavy (non-hydrogen) atoms. The minimum atomic E-state index is -2.40. The molecule has 0 fully saturated rings. The van der Waals surface area contributed by atoms with E-state index in [1.54, 1.807) is 21.3 Å². The van der Waals surface area contributed by atoms with Crippen molar-refractivity contribution in [3.63, 3.8) is 0 Å². The predicted octanol–water partition coefficient (Wildman–Crippen LogP) is 2.93. The van der Waals surface area contributed by atoms with Crippen LogP contribution in [0.5, 0.6) is 0 Å². The Morgan fingerprint density at radius 1 is 0.579 bits per heavy atom. The maximum atomic E-state index is 8.17. The Kier molecular flexibility index (Phi) is 33.9. The molecule has 0 aliphatic carbocycles. The number of hydrogen-bond donors (Lipinski definition) is 3. The van der Waals surface area contributed by atoms with Gasteiger partial charge in [0.1, 0.15) is 6.10 Å². The largest absolute Gasteiger partial charge is 1.00 e. The number of hydrogen-bond acceptors (Lipinski definition) is 6. The Hall–Kier alpha value is 0.227. The van der Waals surface area contributed by atoms with Gasteiger partial charge in [-0.3, -0.25) is 0 Å². The average molecular weight is 588 g/mol. The molecule has 0 rings (SSSR count). The summed E-state index contributed by atoms with van der Waals surface area (Å²) in [4.78, 5) is 0. The molecule has 0 bridgehead atoms. The SMILES string of the molecule is CCCCCCCCCCCCCCCCCC[N+](C)(C)CCC[Si](OC)(OC)OC.OCC(O)CO.[Cl-]. The van der Waals surface area contributed by atoms with Crippen molar-refractivity contribution in [1.29, 1.82) is 0 Å². The zero-order valence-electron chi connectivity index (χ0n) is 26.0. The lowest BCUT2D eigenvalue weighted by molar-refractivity contribution is -0.890. The van der Waals surface area contributed by atoms with E-state index in [0.29, 0.717) is 0 Å². The number of aliphatic hydroxyl groups excluding tert-OH is 3. The van der Waals surface area contributed by atoms with Gasteiger partial charge in [0.05, 0.1) is 40.4 Å². The average Bonchev–Trinajstić information content (AvgIpc) is 2.91. The fourth-order valence-electron chi connectivity index (χ4n) is 4.54. The summed E-state index contributed by atoms with van der Waals surface area (Å²) in [5.74, 6) is 0. The molecule has 0 unspecified atom stereocenters. The Morgan fingerprint density at radius 2 is 0.895 bits per heavy atom. The van der Waals surface area contributed by atoms with E-state index in [0.717, 1.165) is 23.5 Å². The molecule has 0 aromatic heterocycles. The predicted molar refractivity (Wildman–Crippen MR) is 158 cm³/mol. The van der Waals surface area contributed by atoms with Crippen LogP contribution in [-0.4, -0.2) is 96.4 Å². The molecule has 0 aliphatic rings. The second kappa shape index (κ2) is 30.2. The van der Waals surface area contributed by atoms with E-state index in [4.69, 9.17) is 28.6 Å². The molecule has 0 saturated carbocycles. The highest BCUT2D eigenvalue weighted by Gasteiger charge is 2.37. The lowest BCUT2D eigenvalue weighted by Crippen LogP contribution is -3.00. The van der Waals surface area contributed by atoms with Gasteiger partial charge in [0.2, 0.25) is 0 Å². The van der Waals surface area contributed by atoms with E-state index in [1.165, 1.54) is 109 Å². The van der Waals surface area contributed by atoms with Crippen molar-refractivity contribution in [1.82, 2.24) is 0 Å². The maximum absolute atomic E-state index is 8.17. The van der Waals surface area contributed by atoms with E-state index >= 15 is 0 Å². The highest BCUT2D eigenvalue weighted by atomic mass is 35.5. The van der Waals surface area contributed by atoms with Crippen LogP contribution in [0.4, 0.5) is 0 Å². The van der Waals surface area contributed by atoms with Crippen LogP contribution in [0.15, 0.2) is 0 Å². The summed E-state index contributed by atoms with van der Waals surface area (Å²) in [7, 11) is 7.40. The molecule has 0 radical (unpaired) electrons. The van der Waals surface area contributed by atoms with Gasteiger partial charge >= 0.3 is 8.80 Å². The molecule has 0 atom stereocenters. The molecular weight excluding hydrogens is 522 g/mol. The van der Waals surface area contributed by atoms with Gasteiger partial charge in [0.15, 0.2) is 0 Å². The fraction of sp³-hybridized carbons (Fsp3) is 1.00. The summed E-state index contributed by atoms with van der Waals surface area (Å²) in [5, 5.41) is 24.0. The molecule has 0 aromatic carbocycles. The van der Waals surface area contributed by atoms with Crippen LogP contribution in [0.25, 0.3) is 0 Å². The van der Waals surface area contributed by atoms with Crippen LogP contribution < -0.4 is 12.4 Å². The first kappa shape index (κ1) is 42.7.